The van der Waals surface area contributed by atoms with Crippen molar-refractivity contribution in [2.45, 2.75) is 26.1 Å². The molecule has 1 amide bonds. The van der Waals surface area contributed by atoms with Gasteiger partial charge in [-0.15, -0.1) is 0 Å². The van der Waals surface area contributed by atoms with Crippen LogP contribution >= 0.6 is 0 Å². The fourth-order valence-electron chi connectivity index (χ4n) is 3.55. The number of hydrogen-bond donors (Lipinski definition) is 1. The van der Waals surface area contributed by atoms with Crippen molar-refractivity contribution in [3.8, 4) is 17.2 Å². The molecule has 0 saturated heterocycles. The van der Waals surface area contributed by atoms with Crippen molar-refractivity contribution < 1.29 is 27.4 Å². The second-order valence-corrected chi connectivity index (χ2v) is 7.76. The lowest BCUT2D eigenvalue weighted by Crippen LogP contribution is -2.18. The molecule has 4 aromatic rings. The van der Waals surface area contributed by atoms with Gasteiger partial charge in [-0.3, -0.25) is 14.3 Å². The number of nitrogens with one attached hydrogen (secondary N) is 1. The number of rotatable bonds is 8. The van der Waals surface area contributed by atoms with Crippen LogP contribution in [0.5, 0.6) is 17.2 Å². The summed E-state index contributed by atoms with van der Waals surface area (Å²) in [6.07, 6.45) is -3.54. The van der Waals surface area contributed by atoms with Crippen molar-refractivity contribution in [2.24, 2.45) is 0 Å². The van der Waals surface area contributed by atoms with E-state index in [1.807, 2.05) is 6.92 Å². The number of fused-ring (bicyclic) bond motifs is 1. The highest BCUT2D eigenvalue weighted by atomic mass is 19.4. The number of aromatic nitrogens is 2. The molecule has 0 aliphatic carbocycles. The van der Waals surface area contributed by atoms with Crippen LogP contribution in [-0.2, 0) is 17.5 Å². The molecule has 1 heterocycles. The number of para-hydroxylation sites is 1. The first-order valence-electron chi connectivity index (χ1n) is 11.1. The first kappa shape index (κ1) is 24.8. The third kappa shape index (κ3) is 5.83. The van der Waals surface area contributed by atoms with E-state index in [-0.39, 0.29) is 29.8 Å². The zero-order valence-corrected chi connectivity index (χ0v) is 19.2. The van der Waals surface area contributed by atoms with Crippen LogP contribution in [0.1, 0.15) is 18.9 Å². The minimum atomic E-state index is -4.60. The monoisotopic (exact) mass is 497 g/mol. The number of carbonyl (C=O) groups is 1. The first-order chi connectivity index (χ1) is 17.2. The highest BCUT2D eigenvalue weighted by Gasteiger charge is 2.31. The number of hydrogen-bond acceptors (Lipinski definition) is 5. The summed E-state index contributed by atoms with van der Waals surface area (Å²) in [5.74, 6) is 0.481. The first-order valence-corrected chi connectivity index (χ1v) is 11.1. The van der Waals surface area contributed by atoms with Crippen LogP contribution in [0.3, 0.4) is 0 Å². The minimum Gasteiger partial charge on any atom is -0.494 e. The van der Waals surface area contributed by atoms with Gasteiger partial charge >= 0.3 is 6.18 Å². The van der Waals surface area contributed by atoms with E-state index in [0.29, 0.717) is 29.0 Å². The highest BCUT2D eigenvalue weighted by molar-refractivity contribution is 5.92. The molecule has 0 unspecified atom stereocenters. The SMILES string of the molecule is CCOc1ccc(Oc2ccc(C(F)(F)F)cc2NC(=O)CCn2ncc(=O)c3ccccc32)cc1. The molecule has 0 aliphatic heterocycles. The molecule has 0 aliphatic rings. The van der Waals surface area contributed by atoms with E-state index < -0.39 is 17.6 Å². The highest BCUT2D eigenvalue weighted by Crippen LogP contribution is 2.37. The van der Waals surface area contributed by atoms with Crippen molar-refractivity contribution >= 4 is 22.5 Å². The molecule has 0 radical (unpaired) electrons. The summed E-state index contributed by atoms with van der Waals surface area (Å²) in [4.78, 5) is 24.7. The van der Waals surface area contributed by atoms with E-state index in [1.54, 1.807) is 48.5 Å². The van der Waals surface area contributed by atoms with Crippen LogP contribution in [0.2, 0.25) is 0 Å². The molecule has 0 bridgehead atoms. The number of aryl methyl sites for hydroxylation is 1. The normalized spacial score (nSPS) is 11.3. The van der Waals surface area contributed by atoms with E-state index in [0.717, 1.165) is 24.4 Å². The van der Waals surface area contributed by atoms with Crippen molar-refractivity contribution in [3.63, 3.8) is 0 Å². The molecule has 3 aromatic carbocycles. The molecule has 1 N–H and O–H groups in total. The van der Waals surface area contributed by atoms with Crippen molar-refractivity contribution in [1.82, 2.24) is 9.78 Å². The number of halogens is 3. The van der Waals surface area contributed by atoms with E-state index in [9.17, 15) is 22.8 Å². The quantitative estimate of drug-likeness (QED) is 0.341. The van der Waals surface area contributed by atoms with E-state index in [2.05, 4.69) is 10.4 Å². The summed E-state index contributed by atoms with van der Waals surface area (Å²) in [6, 6.07) is 16.3. The Kier molecular flexibility index (Phi) is 7.23. The molecule has 0 atom stereocenters. The molecule has 0 spiro atoms. The second-order valence-electron chi connectivity index (χ2n) is 7.76. The van der Waals surface area contributed by atoms with Gasteiger partial charge in [-0.2, -0.15) is 18.3 Å². The van der Waals surface area contributed by atoms with E-state index in [4.69, 9.17) is 9.47 Å². The summed E-state index contributed by atoms with van der Waals surface area (Å²) in [5, 5.41) is 7.03. The molecule has 186 valence electrons. The minimum absolute atomic E-state index is 0.0486. The number of anilines is 1. The lowest BCUT2D eigenvalue weighted by atomic mass is 10.1. The lowest BCUT2D eigenvalue weighted by molar-refractivity contribution is -0.137. The maximum atomic E-state index is 13.3. The zero-order chi connectivity index (χ0) is 25.7. The van der Waals surface area contributed by atoms with Gasteiger partial charge in [0.15, 0.2) is 5.75 Å². The van der Waals surface area contributed by atoms with E-state index >= 15 is 0 Å². The summed E-state index contributed by atoms with van der Waals surface area (Å²) < 4.78 is 52.6. The largest absolute Gasteiger partial charge is 0.494 e. The Labute approximate surface area is 204 Å². The smallest absolute Gasteiger partial charge is 0.416 e. The predicted octanol–water partition coefficient (Wildman–Crippen LogP) is 5.64. The average Bonchev–Trinajstić information content (AvgIpc) is 2.85. The molecule has 7 nitrogen and oxygen atoms in total. The lowest BCUT2D eigenvalue weighted by Gasteiger charge is -2.16. The second kappa shape index (κ2) is 10.5. The number of nitrogens with zero attached hydrogens (tertiary/aromatic N) is 2. The van der Waals surface area contributed by atoms with Gasteiger partial charge in [-0.1, -0.05) is 12.1 Å². The summed E-state index contributed by atoms with van der Waals surface area (Å²) in [6.45, 7) is 2.44. The van der Waals surface area contributed by atoms with Gasteiger partial charge in [0, 0.05) is 11.8 Å². The number of ether oxygens (including phenoxy) is 2. The third-order valence-electron chi connectivity index (χ3n) is 5.26. The fourth-order valence-corrected chi connectivity index (χ4v) is 3.55. The molecule has 4 rings (SSSR count). The van der Waals surface area contributed by atoms with Gasteiger partial charge in [0.05, 0.1) is 36.1 Å². The van der Waals surface area contributed by atoms with Crippen LogP contribution in [0.15, 0.2) is 77.7 Å². The maximum absolute atomic E-state index is 13.3. The summed E-state index contributed by atoms with van der Waals surface area (Å²) >= 11 is 0. The molecule has 0 fully saturated rings. The van der Waals surface area contributed by atoms with Crippen LogP contribution in [0.4, 0.5) is 18.9 Å². The Balaban J connectivity index is 1.54. The van der Waals surface area contributed by atoms with Gasteiger partial charge < -0.3 is 14.8 Å². The van der Waals surface area contributed by atoms with Gasteiger partial charge in [-0.05, 0) is 61.5 Å². The Bertz CT molecular complexity index is 1430. The maximum Gasteiger partial charge on any atom is 0.416 e. The molecular weight excluding hydrogens is 475 g/mol. The van der Waals surface area contributed by atoms with E-state index in [1.165, 1.54) is 4.68 Å². The van der Waals surface area contributed by atoms with Crippen molar-refractivity contribution in [2.75, 3.05) is 11.9 Å². The van der Waals surface area contributed by atoms with Crippen molar-refractivity contribution in [3.05, 3.63) is 88.7 Å². The molecular formula is C26H22F3N3O4. The summed E-state index contributed by atoms with van der Waals surface area (Å²) in [7, 11) is 0. The number of amides is 1. The number of alkyl halides is 3. The predicted molar refractivity (Wildman–Crippen MR) is 128 cm³/mol. The molecule has 10 heteroatoms. The Morgan fingerprint density at radius 2 is 1.75 bits per heavy atom. The molecule has 1 aromatic heterocycles. The van der Waals surface area contributed by atoms with Gasteiger partial charge in [0.25, 0.3) is 0 Å². The van der Waals surface area contributed by atoms with Gasteiger partial charge in [0.2, 0.25) is 11.3 Å². The van der Waals surface area contributed by atoms with Crippen LogP contribution in [0.25, 0.3) is 10.9 Å². The Hall–Kier alpha value is -4.34. The van der Waals surface area contributed by atoms with Gasteiger partial charge in [0.1, 0.15) is 11.5 Å². The standard InChI is InChI=1S/C26H22F3N3O4/c1-2-35-18-8-10-19(11-9-18)36-24-12-7-17(26(27,28)29)15-21(24)31-25(34)13-14-32-22-6-4-3-5-20(22)23(33)16-30-32/h3-12,15-16H,2,13-14H2,1H3,(H,31,34). The summed E-state index contributed by atoms with van der Waals surface area (Å²) in [5.41, 5.74) is -0.742. The Morgan fingerprint density at radius 1 is 1.03 bits per heavy atom. The molecule has 36 heavy (non-hydrogen) atoms. The number of benzene rings is 3. The fraction of sp³-hybridized carbons (Fsp3) is 0.192. The average molecular weight is 497 g/mol. The van der Waals surface area contributed by atoms with Crippen molar-refractivity contribution in [1.29, 1.82) is 0 Å². The topological polar surface area (TPSA) is 82.4 Å². The van der Waals surface area contributed by atoms with Crippen LogP contribution in [0, 0.1) is 0 Å². The van der Waals surface area contributed by atoms with Crippen LogP contribution in [-0.4, -0.2) is 22.3 Å². The third-order valence-corrected chi connectivity index (χ3v) is 5.26. The number of carbonyl (C=O) groups excluding carboxylic acids is 1. The Morgan fingerprint density at radius 3 is 2.47 bits per heavy atom. The zero-order valence-electron chi connectivity index (χ0n) is 19.2. The van der Waals surface area contributed by atoms with Gasteiger partial charge in [-0.25, -0.2) is 0 Å². The van der Waals surface area contributed by atoms with Crippen LogP contribution < -0.4 is 20.2 Å². The molecule has 0 saturated carbocycles.